The van der Waals surface area contributed by atoms with Crippen LogP contribution in [-0.2, 0) is 11.0 Å². The molecule has 0 spiro atoms. The van der Waals surface area contributed by atoms with Crippen LogP contribution in [-0.4, -0.2) is 27.7 Å². The monoisotopic (exact) mass is 479 g/mol. The minimum atomic E-state index is -4.44. The summed E-state index contributed by atoms with van der Waals surface area (Å²) in [6, 6.07) is 10.4. The van der Waals surface area contributed by atoms with Gasteiger partial charge in [-0.1, -0.05) is 12.1 Å². The molecule has 32 heavy (non-hydrogen) atoms. The third-order valence-electron chi connectivity index (χ3n) is 4.47. The average molecular weight is 480 g/mol. The number of ketones is 1. The highest BCUT2D eigenvalue weighted by Gasteiger charge is 2.33. The molecule has 3 rings (SSSR count). The first kappa shape index (κ1) is 23.5. The van der Waals surface area contributed by atoms with Crippen molar-refractivity contribution >= 4 is 52.2 Å². The molecular formula is C21H16F3N3O3S2. The summed E-state index contributed by atoms with van der Waals surface area (Å²) in [6.07, 6.45) is -4.44. The lowest BCUT2D eigenvalue weighted by atomic mass is 10.0. The van der Waals surface area contributed by atoms with Crippen molar-refractivity contribution in [2.75, 3.05) is 5.32 Å². The van der Waals surface area contributed by atoms with Crippen molar-refractivity contribution in [3.63, 3.8) is 0 Å². The van der Waals surface area contributed by atoms with Gasteiger partial charge in [-0.15, -0.1) is 11.8 Å². The number of carbonyl (C=O) groups excluding carboxylic acids is 1. The number of nitrogens with one attached hydrogen (secondary N) is 2. The van der Waals surface area contributed by atoms with Crippen LogP contribution in [0.5, 0.6) is 0 Å². The Morgan fingerprint density at radius 2 is 1.75 bits per heavy atom. The van der Waals surface area contributed by atoms with Crippen LogP contribution in [0.2, 0.25) is 0 Å². The van der Waals surface area contributed by atoms with Gasteiger partial charge in [-0.25, -0.2) is 4.79 Å². The van der Waals surface area contributed by atoms with E-state index in [0.717, 1.165) is 12.1 Å². The fraction of sp³-hybridized carbons (Fsp3) is 0.143. The largest absolute Gasteiger partial charge is 0.478 e. The quantitative estimate of drug-likeness (QED) is 0.316. The van der Waals surface area contributed by atoms with Gasteiger partial charge in [-0.05, 0) is 66.5 Å². The van der Waals surface area contributed by atoms with Crippen LogP contribution in [0.25, 0.3) is 0 Å². The summed E-state index contributed by atoms with van der Waals surface area (Å²) in [5.41, 5.74) is 3.69. The van der Waals surface area contributed by atoms with E-state index in [1.54, 1.807) is 24.5 Å². The Bertz CT molecular complexity index is 1110. The maximum Gasteiger partial charge on any atom is 0.416 e. The molecule has 2 aromatic carbocycles. The normalized spacial score (nSPS) is 16.5. The number of hydrazone groups is 1. The van der Waals surface area contributed by atoms with Crippen molar-refractivity contribution < 1.29 is 27.9 Å². The number of Topliss-reactive ketones (excluding diaryl/α,β-unsaturated/α-hetero) is 1. The standard InChI is InChI=1S/C21H16F3N3O3S2/c1-11(26-27-20(31)25-15-8-4-13(5-9-15)19(29)30)16-10-32-18(17(16)28)12-2-6-14(7-3-12)21(22,23)24/h2-10,18H,1H3,(H,29,30)(H2,25,27,31)/b26-11+. The van der Waals surface area contributed by atoms with Crippen molar-refractivity contribution in [1.29, 1.82) is 0 Å². The van der Waals surface area contributed by atoms with Crippen LogP contribution in [0.1, 0.15) is 33.7 Å². The molecule has 0 fully saturated rings. The number of anilines is 1. The summed E-state index contributed by atoms with van der Waals surface area (Å²) in [7, 11) is 0. The number of rotatable bonds is 5. The fourth-order valence-corrected chi connectivity index (χ4v) is 4.07. The van der Waals surface area contributed by atoms with E-state index < -0.39 is 23.0 Å². The molecule has 0 aromatic heterocycles. The molecule has 0 radical (unpaired) electrons. The molecule has 6 nitrogen and oxygen atoms in total. The number of alkyl halides is 3. The average Bonchev–Trinajstić information content (AvgIpc) is 3.13. The van der Waals surface area contributed by atoms with E-state index in [1.807, 2.05) is 0 Å². The number of allylic oxidation sites excluding steroid dienone is 1. The van der Waals surface area contributed by atoms with E-state index in [4.69, 9.17) is 17.3 Å². The number of hydrogen-bond donors (Lipinski definition) is 3. The van der Waals surface area contributed by atoms with Crippen molar-refractivity contribution in [3.8, 4) is 0 Å². The third kappa shape index (κ3) is 5.54. The van der Waals surface area contributed by atoms with E-state index in [9.17, 15) is 22.8 Å². The molecule has 166 valence electrons. The van der Waals surface area contributed by atoms with Gasteiger partial charge in [-0.2, -0.15) is 18.3 Å². The fourth-order valence-electron chi connectivity index (χ4n) is 2.79. The Balaban J connectivity index is 1.60. The lowest BCUT2D eigenvalue weighted by Crippen LogP contribution is -2.25. The number of halogens is 3. The molecule has 1 unspecified atom stereocenters. The summed E-state index contributed by atoms with van der Waals surface area (Å²) in [4.78, 5) is 23.6. The van der Waals surface area contributed by atoms with Gasteiger partial charge in [0.05, 0.1) is 22.1 Å². The smallest absolute Gasteiger partial charge is 0.416 e. The zero-order valence-corrected chi connectivity index (χ0v) is 18.1. The number of carbonyl (C=O) groups is 2. The molecule has 11 heteroatoms. The minimum absolute atomic E-state index is 0.130. The number of hydrogen-bond acceptors (Lipinski definition) is 5. The Morgan fingerprint density at radius 1 is 1.12 bits per heavy atom. The Hall–Kier alpha value is -3.18. The SMILES string of the molecule is C/C(=N\NC(=S)Nc1ccc(C(=O)O)cc1)C1=CSC(c2ccc(C(F)(F)F)cc2)C1=O. The van der Waals surface area contributed by atoms with E-state index in [-0.39, 0.29) is 16.5 Å². The predicted molar refractivity (Wildman–Crippen MR) is 121 cm³/mol. The second-order valence-corrected chi connectivity index (χ2v) is 8.06. The second-order valence-electron chi connectivity index (χ2n) is 6.68. The first-order valence-corrected chi connectivity index (χ1v) is 10.4. The highest BCUT2D eigenvalue weighted by atomic mass is 32.2. The van der Waals surface area contributed by atoms with Crippen LogP contribution in [0.15, 0.2) is 64.6 Å². The maximum atomic E-state index is 12.7. The zero-order chi connectivity index (χ0) is 23.5. The molecule has 1 heterocycles. The highest BCUT2D eigenvalue weighted by Crippen LogP contribution is 2.40. The number of nitrogens with zero attached hydrogens (tertiary/aromatic N) is 1. The van der Waals surface area contributed by atoms with E-state index in [1.165, 1.54) is 36.0 Å². The molecule has 0 amide bonds. The molecule has 0 saturated carbocycles. The van der Waals surface area contributed by atoms with Gasteiger partial charge in [0.15, 0.2) is 10.9 Å². The molecular weight excluding hydrogens is 463 g/mol. The van der Waals surface area contributed by atoms with Crippen LogP contribution in [0.4, 0.5) is 18.9 Å². The first-order valence-electron chi connectivity index (χ1n) is 9.08. The summed E-state index contributed by atoms with van der Waals surface area (Å²) < 4.78 is 38.2. The maximum absolute atomic E-state index is 12.7. The predicted octanol–water partition coefficient (Wildman–Crippen LogP) is 5.01. The van der Waals surface area contributed by atoms with Gasteiger partial charge in [-0.3, -0.25) is 10.2 Å². The highest BCUT2D eigenvalue weighted by molar-refractivity contribution is 8.03. The molecule has 3 N–H and O–H groups in total. The van der Waals surface area contributed by atoms with Gasteiger partial charge in [0.1, 0.15) is 0 Å². The van der Waals surface area contributed by atoms with Gasteiger partial charge in [0, 0.05) is 11.3 Å². The lowest BCUT2D eigenvalue weighted by molar-refractivity contribution is -0.137. The van der Waals surface area contributed by atoms with E-state index in [0.29, 0.717) is 22.5 Å². The van der Waals surface area contributed by atoms with Crippen molar-refractivity contribution in [2.45, 2.75) is 18.3 Å². The van der Waals surface area contributed by atoms with Crippen LogP contribution in [0.3, 0.4) is 0 Å². The van der Waals surface area contributed by atoms with Gasteiger partial charge in [0.25, 0.3) is 0 Å². The molecule has 1 atom stereocenters. The van der Waals surface area contributed by atoms with Crippen molar-refractivity contribution in [3.05, 3.63) is 76.2 Å². The topological polar surface area (TPSA) is 90.8 Å². The van der Waals surface area contributed by atoms with Crippen molar-refractivity contribution in [1.82, 2.24) is 5.43 Å². The van der Waals surface area contributed by atoms with Crippen LogP contribution < -0.4 is 10.7 Å². The van der Waals surface area contributed by atoms with Crippen LogP contribution in [0, 0.1) is 0 Å². The van der Waals surface area contributed by atoms with Gasteiger partial charge in [0.2, 0.25) is 0 Å². The number of thiocarbonyl (C=S) groups is 1. The van der Waals surface area contributed by atoms with Gasteiger partial charge < -0.3 is 10.4 Å². The number of thioether (sulfide) groups is 1. The first-order chi connectivity index (χ1) is 15.1. The summed E-state index contributed by atoms with van der Waals surface area (Å²) in [6.45, 7) is 1.61. The lowest BCUT2D eigenvalue weighted by Gasteiger charge is -2.12. The molecule has 0 aliphatic carbocycles. The molecule has 1 aliphatic heterocycles. The summed E-state index contributed by atoms with van der Waals surface area (Å²) in [5, 5.41) is 16.9. The number of carboxylic acids is 1. The van der Waals surface area contributed by atoms with E-state index in [2.05, 4.69) is 15.8 Å². The summed E-state index contributed by atoms with van der Waals surface area (Å²) >= 11 is 6.33. The number of aromatic carboxylic acids is 1. The minimum Gasteiger partial charge on any atom is -0.478 e. The summed E-state index contributed by atoms with van der Waals surface area (Å²) in [5.74, 6) is -1.31. The van der Waals surface area contributed by atoms with Crippen LogP contribution >= 0.6 is 24.0 Å². The Morgan fingerprint density at radius 3 is 2.31 bits per heavy atom. The number of benzene rings is 2. The molecule has 0 saturated heterocycles. The molecule has 0 bridgehead atoms. The third-order valence-corrected chi connectivity index (χ3v) is 5.79. The number of carboxylic acid groups (broad SMARTS) is 1. The molecule has 2 aromatic rings. The van der Waals surface area contributed by atoms with Crippen molar-refractivity contribution in [2.24, 2.45) is 5.10 Å². The zero-order valence-electron chi connectivity index (χ0n) is 16.4. The Kier molecular flexibility index (Phi) is 6.99. The Labute approximate surface area is 190 Å². The van der Waals surface area contributed by atoms with E-state index >= 15 is 0 Å². The van der Waals surface area contributed by atoms with Gasteiger partial charge >= 0.3 is 12.1 Å². The molecule has 1 aliphatic rings. The second kappa shape index (κ2) is 9.53.